The molecule has 6 aromatic carbocycles. The average molecular weight is 545 g/mol. The van der Waals surface area contributed by atoms with E-state index in [0.717, 1.165) is 54.9 Å². The minimum absolute atomic E-state index is 0.0401. The van der Waals surface area contributed by atoms with Crippen molar-refractivity contribution >= 4 is 33.3 Å². The minimum atomic E-state index is -0.0401. The van der Waals surface area contributed by atoms with Gasteiger partial charge in [-0.3, -0.25) is 0 Å². The summed E-state index contributed by atoms with van der Waals surface area (Å²) in [7, 11) is 0. The van der Waals surface area contributed by atoms with Crippen molar-refractivity contribution in [2.75, 3.05) is 13.2 Å². The number of ether oxygens (including phenoxy) is 2. The Morgan fingerprint density at radius 2 is 0.833 bits per heavy atom. The first-order chi connectivity index (χ1) is 20.8. The molecule has 42 heavy (non-hydrogen) atoms. The van der Waals surface area contributed by atoms with E-state index in [9.17, 15) is 0 Å². The molecule has 6 aromatic rings. The van der Waals surface area contributed by atoms with Crippen LogP contribution < -0.4 is 0 Å². The number of fused-ring (bicyclic) bond motifs is 2. The average Bonchev–Trinajstić information content (AvgIpc) is 3.76. The van der Waals surface area contributed by atoms with Crippen molar-refractivity contribution in [3.8, 4) is 11.1 Å². The highest BCUT2D eigenvalue weighted by molar-refractivity contribution is 6.19. The van der Waals surface area contributed by atoms with Gasteiger partial charge in [0.05, 0.1) is 0 Å². The van der Waals surface area contributed by atoms with Gasteiger partial charge >= 0.3 is 0 Å². The summed E-state index contributed by atoms with van der Waals surface area (Å²) in [5.41, 5.74) is 6.43. The SMILES string of the molecule is c1ccc([C@@H]2COC(c3ccc4ccccc4c3-c3c(C4=N[C@H](c5ccccc5)CO4)ccc4ccccc34)=N2)cc1. The Labute approximate surface area is 244 Å². The molecule has 2 heterocycles. The van der Waals surface area contributed by atoms with Crippen LogP contribution in [0.2, 0.25) is 0 Å². The van der Waals surface area contributed by atoms with Gasteiger partial charge in [0.2, 0.25) is 11.8 Å². The van der Waals surface area contributed by atoms with E-state index in [-0.39, 0.29) is 12.1 Å². The summed E-state index contributed by atoms with van der Waals surface area (Å²) < 4.78 is 12.7. The van der Waals surface area contributed by atoms with Crippen molar-refractivity contribution < 1.29 is 9.47 Å². The van der Waals surface area contributed by atoms with E-state index in [4.69, 9.17) is 19.5 Å². The quantitative estimate of drug-likeness (QED) is 0.218. The highest BCUT2D eigenvalue weighted by atomic mass is 16.5. The predicted molar refractivity (Wildman–Crippen MR) is 170 cm³/mol. The van der Waals surface area contributed by atoms with Gasteiger partial charge in [-0.1, -0.05) is 121 Å². The Hall–Kier alpha value is -5.22. The van der Waals surface area contributed by atoms with E-state index in [1.807, 2.05) is 12.1 Å². The molecular weight excluding hydrogens is 516 g/mol. The lowest BCUT2D eigenvalue weighted by Crippen LogP contribution is -2.08. The first-order valence-corrected chi connectivity index (χ1v) is 14.4. The van der Waals surface area contributed by atoms with Crippen molar-refractivity contribution in [2.24, 2.45) is 9.98 Å². The summed E-state index contributed by atoms with van der Waals surface area (Å²) in [5.74, 6) is 1.33. The molecule has 202 valence electrons. The molecule has 2 aliphatic heterocycles. The van der Waals surface area contributed by atoms with Crippen LogP contribution in [0.15, 0.2) is 143 Å². The highest BCUT2D eigenvalue weighted by Gasteiger charge is 2.29. The van der Waals surface area contributed by atoms with E-state index in [2.05, 4.69) is 121 Å². The maximum Gasteiger partial charge on any atom is 0.217 e. The molecule has 0 unspecified atom stereocenters. The number of rotatable bonds is 5. The van der Waals surface area contributed by atoms with Gasteiger partial charge in [-0.25, -0.2) is 9.98 Å². The van der Waals surface area contributed by atoms with Crippen LogP contribution in [0.5, 0.6) is 0 Å². The summed E-state index contributed by atoms with van der Waals surface area (Å²) >= 11 is 0. The van der Waals surface area contributed by atoms with Crippen LogP contribution in [0.3, 0.4) is 0 Å². The van der Waals surface area contributed by atoms with E-state index >= 15 is 0 Å². The van der Waals surface area contributed by atoms with Crippen molar-refractivity contribution in [1.82, 2.24) is 0 Å². The summed E-state index contributed by atoms with van der Waals surface area (Å²) in [6.45, 7) is 1.03. The zero-order valence-corrected chi connectivity index (χ0v) is 23.0. The van der Waals surface area contributed by atoms with Crippen molar-refractivity contribution in [1.29, 1.82) is 0 Å². The van der Waals surface area contributed by atoms with Crippen LogP contribution in [-0.4, -0.2) is 25.0 Å². The Morgan fingerprint density at radius 1 is 0.429 bits per heavy atom. The second-order valence-corrected chi connectivity index (χ2v) is 10.8. The molecule has 0 saturated heterocycles. The molecule has 0 N–H and O–H groups in total. The van der Waals surface area contributed by atoms with Gasteiger partial charge < -0.3 is 9.47 Å². The first kappa shape index (κ1) is 24.6. The van der Waals surface area contributed by atoms with E-state index in [1.54, 1.807) is 0 Å². The van der Waals surface area contributed by atoms with Crippen molar-refractivity contribution in [3.05, 3.63) is 156 Å². The summed E-state index contributed by atoms with van der Waals surface area (Å²) in [4.78, 5) is 10.2. The van der Waals surface area contributed by atoms with Gasteiger partial charge in [0.25, 0.3) is 0 Å². The number of hydrogen-bond donors (Lipinski definition) is 0. The van der Waals surface area contributed by atoms with Crippen molar-refractivity contribution in [3.63, 3.8) is 0 Å². The second kappa shape index (κ2) is 10.3. The highest BCUT2D eigenvalue weighted by Crippen LogP contribution is 2.42. The van der Waals surface area contributed by atoms with E-state index < -0.39 is 0 Å². The third kappa shape index (κ3) is 4.24. The maximum absolute atomic E-state index is 6.36. The van der Waals surface area contributed by atoms with Crippen LogP contribution in [0.4, 0.5) is 0 Å². The summed E-state index contributed by atoms with van der Waals surface area (Å²) in [5, 5.41) is 4.59. The summed E-state index contributed by atoms with van der Waals surface area (Å²) in [6, 6.07) is 46.3. The number of nitrogens with zero attached hydrogens (tertiary/aromatic N) is 2. The van der Waals surface area contributed by atoms with E-state index in [0.29, 0.717) is 25.0 Å². The molecule has 4 nitrogen and oxygen atoms in total. The first-order valence-electron chi connectivity index (χ1n) is 14.4. The Kier molecular flexibility index (Phi) is 6.03. The molecule has 0 fully saturated rings. The number of hydrogen-bond acceptors (Lipinski definition) is 4. The van der Waals surface area contributed by atoms with Crippen LogP contribution in [-0.2, 0) is 9.47 Å². The monoisotopic (exact) mass is 544 g/mol. The fourth-order valence-corrected chi connectivity index (χ4v) is 6.17. The lowest BCUT2D eigenvalue weighted by atomic mass is 9.87. The minimum Gasteiger partial charge on any atom is -0.475 e. The maximum atomic E-state index is 6.36. The molecule has 0 amide bonds. The Morgan fingerprint density at radius 3 is 1.29 bits per heavy atom. The molecule has 8 rings (SSSR count). The second-order valence-electron chi connectivity index (χ2n) is 10.8. The molecule has 4 heteroatoms. The lowest BCUT2D eigenvalue weighted by molar-refractivity contribution is 0.319. The molecule has 2 aliphatic rings. The molecule has 0 aliphatic carbocycles. The standard InChI is InChI=1S/C38H28N2O2/c1-3-13-27(14-4-1)33-23-41-37(39-33)31-21-19-25-11-7-9-17-29(25)35(31)36-30-18-10-8-12-26(30)20-22-32(36)38-40-34(24-42-38)28-15-5-2-6-16-28/h1-22,33-34H,23-24H2/t33-,34-/m0/s1. The zero-order chi connectivity index (χ0) is 27.9. The fourth-order valence-electron chi connectivity index (χ4n) is 6.17. The van der Waals surface area contributed by atoms with Gasteiger partial charge in [-0.05, 0) is 44.8 Å². The largest absolute Gasteiger partial charge is 0.475 e. The molecule has 0 saturated carbocycles. The van der Waals surface area contributed by atoms with Gasteiger partial charge in [-0.2, -0.15) is 0 Å². The number of aliphatic imine (C=N–C) groups is 2. The molecule has 0 bridgehead atoms. The van der Waals surface area contributed by atoms with E-state index in [1.165, 1.54) is 0 Å². The van der Waals surface area contributed by atoms with Crippen LogP contribution >= 0.6 is 0 Å². The third-order valence-electron chi connectivity index (χ3n) is 8.24. The molecule has 0 spiro atoms. The molecule has 0 radical (unpaired) electrons. The predicted octanol–water partition coefficient (Wildman–Crippen LogP) is 8.70. The fraction of sp³-hybridized carbons (Fsp3) is 0.105. The topological polar surface area (TPSA) is 43.2 Å². The normalized spacial score (nSPS) is 18.0. The van der Waals surface area contributed by atoms with Crippen LogP contribution in [0, 0.1) is 0 Å². The molecule has 0 aromatic heterocycles. The zero-order valence-electron chi connectivity index (χ0n) is 23.0. The smallest absolute Gasteiger partial charge is 0.217 e. The van der Waals surface area contributed by atoms with Crippen LogP contribution in [0.25, 0.3) is 32.7 Å². The van der Waals surface area contributed by atoms with Crippen LogP contribution in [0.1, 0.15) is 34.3 Å². The van der Waals surface area contributed by atoms with Gasteiger partial charge in [0, 0.05) is 22.3 Å². The lowest BCUT2D eigenvalue weighted by Gasteiger charge is -2.19. The Bertz CT molecular complexity index is 1850. The van der Waals surface area contributed by atoms with Gasteiger partial charge in [0.1, 0.15) is 25.3 Å². The molecule has 2 atom stereocenters. The molecular formula is C38H28N2O2. The van der Waals surface area contributed by atoms with Gasteiger partial charge in [-0.15, -0.1) is 0 Å². The summed E-state index contributed by atoms with van der Waals surface area (Å²) in [6.07, 6.45) is 0. The van der Waals surface area contributed by atoms with Gasteiger partial charge in [0.15, 0.2) is 0 Å². The Balaban J connectivity index is 1.37. The third-order valence-corrected chi connectivity index (χ3v) is 8.24. The number of benzene rings is 6. The van der Waals surface area contributed by atoms with Crippen molar-refractivity contribution in [2.45, 2.75) is 12.1 Å².